The molecule has 26 heavy (non-hydrogen) atoms. The molecule has 0 saturated carbocycles. The summed E-state index contributed by atoms with van der Waals surface area (Å²) in [6.45, 7) is 11.8. The van der Waals surface area contributed by atoms with Crippen LogP contribution in [0.2, 0.25) is 0 Å². The first-order valence-electron chi connectivity index (χ1n) is 8.99. The smallest absolute Gasteiger partial charge is 0.258 e. The molecule has 0 unspecified atom stereocenters. The van der Waals surface area contributed by atoms with Crippen LogP contribution in [0.3, 0.4) is 0 Å². The zero-order valence-electron chi connectivity index (χ0n) is 16.4. The van der Waals surface area contributed by atoms with Gasteiger partial charge in [0.15, 0.2) is 0 Å². The third-order valence-electron chi connectivity index (χ3n) is 4.76. The van der Waals surface area contributed by atoms with Crippen LogP contribution >= 0.6 is 0 Å². The van der Waals surface area contributed by atoms with Gasteiger partial charge < -0.3 is 0 Å². The van der Waals surface area contributed by atoms with Crippen LogP contribution in [0.4, 0.5) is 0 Å². The largest absolute Gasteiger partial charge is 0.296 e. The fourth-order valence-electron chi connectivity index (χ4n) is 3.48. The molecule has 0 aliphatic heterocycles. The number of nitrogens with zero attached hydrogens (tertiary/aromatic N) is 5. The van der Waals surface area contributed by atoms with Crippen LogP contribution < -0.4 is 5.56 Å². The Morgan fingerprint density at radius 3 is 2.54 bits per heavy atom. The van der Waals surface area contributed by atoms with Gasteiger partial charge in [-0.3, -0.25) is 18.8 Å². The van der Waals surface area contributed by atoms with Crippen molar-refractivity contribution in [1.29, 1.82) is 0 Å². The van der Waals surface area contributed by atoms with E-state index in [1.54, 1.807) is 10.5 Å². The van der Waals surface area contributed by atoms with Crippen LogP contribution in [-0.4, -0.2) is 31.1 Å². The lowest BCUT2D eigenvalue weighted by molar-refractivity contribution is 0.313. The minimum absolute atomic E-state index is 0.0310. The molecule has 0 aromatic carbocycles. The van der Waals surface area contributed by atoms with Gasteiger partial charge in [0.2, 0.25) is 0 Å². The summed E-state index contributed by atoms with van der Waals surface area (Å²) in [4.78, 5) is 19.3. The Labute approximate surface area is 154 Å². The van der Waals surface area contributed by atoms with Crippen molar-refractivity contribution in [1.82, 2.24) is 24.1 Å². The molecule has 3 aromatic rings. The normalized spacial score (nSPS) is 11.8. The molecule has 0 spiro atoms. The Kier molecular flexibility index (Phi) is 4.96. The molecule has 138 valence electrons. The summed E-state index contributed by atoms with van der Waals surface area (Å²) < 4.78 is 3.71. The number of pyridine rings is 1. The van der Waals surface area contributed by atoms with Gasteiger partial charge in [-0.25, -0.2) is 4.98 Å². The maximum atomic E-state index is 12.4. The third kappa shape index (κ3) is 3.42. The van der Waals surface area contributed by atoms with E-state index >= 15 is 0 Å². The number of hydrogen-bond acceptors (Lipinski definition) is 4. The van der Waals surface area contributed by atoms with Crippen LogP contribution in [-0.2, 0) is 13.1 Å². The fraction of sp³-hybridized carbons (Fsp3) is 0.450. The summed E-state index contributed by atoms with van der Waals surface area (Å²) in [6.07, 6.45) is 0. The van der Waals surface area contributed by atoms with Gasteiger partial charge in [-0.2, -0.15) is 5.10 Å². The van der Waals surface area contributed by atoms with Crippen LogP contribution in [0.5, 0.6) is 0 Å². The molecule has 0 bridgehead atoms. The van der Waals surface area contributed by atoms with Gasteiger partial charge in [0, 0.05) is 42.1 Å². The quantitative estimate of drug-likeness (QED) is 0.707. The molecule has 6 heteroatoms. The lowest BCUT2D eigenvalue weighted by Crippen LogP contribution is -2.23. The zero-order valence-corrected chi connectivity index (χ0v) is 16.4. The highest BCUT2D eigenvalue weighted by atomic mass is 16.1. The molecule has 0 fully saturated rings. The van der Waals surface area contributed by atoms with Crippen LogP contribution in [0.1, 0.15) is 48.2 Å². The Hall–Kier alpha value is -2.47. The number of hydrogen-bond donors (Lipinski definition) is 0. The average molecular weight is 353 g/mol. The zero-order chi connectivity index (χ0) is 19.0. The summed E-state index contributed by atoms with van der Waals surface area (Å²) in [5.74, 6) is 0. The van der Waals surface area contributed by atoms with Crippen LogP contribution in [0.15, 0.2) is 29.1 Å². The van der Waals surface area contributed by atoms with E-state index in [-0.39, 0.29) is 5.56 Å². The second kappa shape index (κ2) is 7.03. The molecule has 0 atom stereocenters. The van der Waals surface area contributed by atoms with Gasteiger partial charge in [0.1, 0.15) is 5.65 Å². The van der Waals surface area contributed by atoms with E-state index in [1.165, 1.54) is 11.3 Å². The predicted octanol–water partition coefficient (Wildman–Crippen LogP) is 3.03. The van der Waals surface area contributed by atoms with E-state index in [9.17, 15) is 4.79 Å². The number of aromatic nitrogens is 4. The standard InChI is InChI=1S/C20H27N5O/c1-13(2)25-16(5)18(15(4)22-25)12-23(6)11-17-10-20(26)24-14(3)8-7-9-19(24)21-17/h7-10,13H,11-12H2,1-6H3. The Bertz CT molecular complexity index is 999. The van der Waals surface area contributed by atoms with Gasteiger partial charge in [-0.1, -0.05) is 6.07 Å². The van der Waals surface area contributed by atoms with Gasteiger partial charge in [-0.15, -0.1) is 0 Å². The molecule has 6 nitrogen and oxygen atoms in total. The lowest BCUT2D eigenvalue weighted by atomic mass is 10.2. The van der Waals surface area contributed by atoms with E-state index < -0.39 is 0 Å². The SMILES string of the molecule is Cc1nn(C(C)C)c(C)c1CN(C)Cc1cc(=O)n2c(C)cccc2n1. The molecule has 3 aromatic heterocycles. The first-order valence-corrected chi connectivity index (χ1v) is 8.99. The molecule has 3 heterocycles. The Morgan fingerprint density at radius 2 is 1.88 bits per heavy atom. The van der Waals surface area contributed by atoms with Crippen molar-refractivity contribution in [2.24, 2.45) is 0 Å². The Morgan fingerprint density at radius 1 is 1.15 bits per heavy atom. The summed E-state index contributed by atoms with van der Waals surface area (Å²) >= 11 is 0. The van der Waals surface area contributed by atoms with Crippen LogP contribution in [0, 0.1) is 20.8 Å². The Balaban J connectivity index is 1.84. The van der Waals surface area contributed by atoms with Gasteiger partial charge >= 0.3 is 0 Å². The van der Waals surface area contributed by atoms with Crippen molar-refractivity contribution in [2.75, 3.05) is 7.05 Å². The highest BCUT2D eigenvalue weighted by molar-refractivity contribution is 5.40. The highest BCUT2D eigenvalue weighted by Crippen LogP contribution is 2.19. The fourth-order valence-corrected chi connectivity index (χ4v) is 3.48. The van der Waals surface area contributed by atoms with E-state index in [0.717, 1.165) is 23.6 Å². The maximum Gasteiger partial charge on any atom is 0.258 e. The van der Waals surface area contributed by atoms with Gasteiger partial charge in [0.05, 0.1) is 11.4 Å². The van der Waals surface area contributed by atoms with Crippen molar-refractivity contribution in [3.8, 4) is 0 Å². The van der Waals surface area contributed by atoms with Crippen LogP contribution in [0.25, 0.3) is 5.65 Å². The van der Waals surface area contributed by atoms with Crippen molar-refractivity contribution < 1.29 is 0 Å². The molecule has 0 aliphatic rings. The predicted molar refractivity (Wildman–Crippen MR) is 103 cm³/mol. The van der Waals surface area contributed by atoms with E-state index in [0.29, 0.717) is 18.2 Å². The molecule has 0 radical (unpaired) electrons. The first kappa shape index (κ1) is 18.3. The number of aryl methyl sites for hydroxylation is 2. The summed E-state index contributed by atoms with van der Waals surface area (Å²) in [5.41, 5.74) is 5.85. The summed E-state index contributed by atoms with van der Waals surface area (Å²) in [5, 5.41) is 4.66. The van der Waals surface area contributed by atoms with Crippen molar-refractivity contribution >= 4 is 5.65 Å². The third-order valence-corrected chi connectivity index (χ3v) is 4.76. The number of fused-ring (bicyclic) bond motifs is 1. The second-order valence-electron chi connectivity index (χ2n) is 7.31. The molecular weight excluding hydrogens is 326 g/mol. The minimum Gasteiger partial charge on any atom is -0.296 e. The van der Waals surface area contributed by atoms with E-state index in [4.69, 9.17) is 0 Å². The second-order valence-corrected chi connectivity index (χ2v) is 7.31. The summed E-state index contributed by atoms with van der Waals surface area (Å²) in [7, 11) is 2.05. The molecule has 0 saturated heterocycles. The van der Waals surface area contributed by atoms with E-state index in [1.807, 2.05) is 32.2 Å². The van der Waals surface area contributed by atoms with Gasteiger partial charge in [-0.05, 0) is 53.8 Å². The highest BCUT2D eigenvalue weighted by Gasteiger charge is 2.15. The van der Waals surface area contributed by atoms with Crippen molar-refractivity contribution in [3.63, 3.8) is 0 Å². The first-order chi connectivity index (χ1) is 12.3. The minimum atomic E-state index is -0.0310. The topological polar surface area (TPSA) is 55.4 Å². The molecular formula is C20H27N5O. The number of rotatable bonds is 5. The summed E-state index contributed by atoms with van der Waals surface area (Å²) in [6, 6.07) is 7.70. The van der Waals surface area contributed by atoms with Crippen molar-refractivity contribution in [2.45, 2.75) is 53.8 Å². The average Bonchev–Trinajstić information content (AvgIpc) is 2.83. The molecule has 0 aliphatic carbocycles. The lowest BCUT2D eigenvalue weighted by Gasteiger charge is -2.17. The maximum absolute atomic E-state index is 12.4. The van der Waals surface area contributed by atoms with E-state index in [2.05, 4.69) is 47.4 Å². The monoisotopic (exact) mass is 353 g/mol. The molecule has 0 amide bonds. The van der Waals surface area contributed by atoms with Crippen molar-refractivity contribution in [3.05, 3.63) is 63.0 Å². The molecule has 0 N–H and O–H groups in total. The molecule has 3 rings (SSSR count). The van der Waals surface area contributed by atoms with Gasteiger partial charge in [0.25, 0.3) is 5.56 Å².